The minimum absolute atomic E-state index is 0.536. The minimum Gasteiger partial charge on any atom is -0.489 e. The normalized spacial score (nSPS) is 10.7. The van der Waals surface area contributed by atoms with Crippen molar-refractivity contribution in [2.75, 3.05) is 0 Å². The predicted molar refractivity (Wildman–Crippen MR) is 79.2 cm³/mol. The van der Waals surface area contributed by atoms with Crippen LogP contribution in [-0.4, -0.2) is 11.3 Å². The van der Waals surface area contributed by atoms with Crippen LogP contribution in [-0.2, 0) is 6.61 Å². The van der Waals surface area contributed by atoms with E-state index in [-0.39, 0.29) is 0 Å². The van der Waals surface area contributed by atoms with Gasteiger partial charge in [-0.3, -0.25) is 4.79 Å². The molecule has 20 heavy (non-hydrogen) atoms. The van der Waals surface area contributed by atoms with Crippen LogP contribution in [0.25, 0.3) is 10.9 Å². The van der Waals surface area contributed by atoms with Crippen molar-refractivity contribution in [3.63, 3.8) is 0 Å². The van der Waals surface area contributed by atoms with Gasteiger partial charge in [0.15, 0.2) is 6.29 Å². The molecule has 1 N–H and O–H groups in total. The molecule has 3 rings (SSSR count). The third kappa shape index (κ3) is 2.30. The second-order valence-corrected chi connectivity index (χ2v) is 4.80. The van der Waals surface area contributed by atoms with Gasteiger partial charge in [-0.2, -0.15) is 0 Å². The molecular formula is C17H15NO2. The maximum atomic E-state index is 10.9. The van der Waals surface area contributed by atoms with Crippen LogP contribution in [0.2, 0.25) is 0 Å². The Morgan fingerprint density at radius 2 is 2.00 bits per heavy atom. The number of aromatic nitrogens is 1. The number of carbonyl (C=O) groups is 1. The van der Waals surface area contributed by atoms with E-state index in [1.807, 2.05) is 49.4 Å². The number of carbonyl (C=O) groups excluding carboxylic acids is 1. The number of ether oxygens (including phenoxy) is 1. The maximum absolute atomic E-state index is 10.9. The van der Waals surface area contributed by atoms with Crippen molar-refractivity contribution in [2.45, 2.75) is 13.5 Å². The van der Waals surface area contributed by atoms with E-state index in [9.17, 15) is 4.79 Å². The predicted octanol–water partition coefficient (Wildman–Crippen LogP) is 3.87. The molecule has 0 aliphatic heterocycles. The number of rotatable bonds is 4. The quantitative estimate of drug-likeness (QED) is 0.728. The fourth-order valence-electron chi connectivity index (χ4n) is 2.27. The summed E-state index contributed by atoms with van der Waals surface area (Å²) in [6, 6.07) is 14.0. The number of hydrogen-bond acceptors (Lipinski definition) is 2. The van der Waals surface area contributed by atoms with Gasteiger partial charge in [0.1, 0.15) is 12.4 Å². The lowest BCUT2D eigenvalue weighted by Crippen LogP contribution is -1.96. The molecule has 0 unspecified atom stereocenters. The Balaban J connectivity index is 1.88. The highest BCUT2D eigenvalue weighted by Crippen LogP contribution is 2.27. The molecule has 0 aliphatic rings. The summed E-state index contributed by atoms with van der Waals surface area (Å²) in [5.41, 5.74) is 3.75. The van der Waals surface area contributed by atoms with Crippen LogP contribution >= 0.6 is 0 Å². The smallest absolute Gasteiger partial charge is 0.152 e. The monoisotopic (exact) mass is 265 g/mol. The molecule has 3 heteroatoms. The van der Waals surface area contributed by atoms with Gasteiger partial charge in [0, 0.05) is 28.7 Å². The van der Waals surface area contributed by atoms with Gasteiger partial charge in [-0.1, -0.05) is 30.3 Å². The topological polar surface area (TPSA) is 42.1 Å². The van der Waals surface area contributed by atoms with Crippen LogP contribution in [0.5, 0.6) is 5.75 Å². The highest BCUT2D eigenvalue weighted by Gasteiger charge is 2.07. The molecule has 0 amide bonds. The van der Waals surface area contributed by atoms with Gasteiger partial charge in [0.2, 0.25) is 0 Å². The Bertz CT molecular complexity index is 744. The molecule has 0 aliphatic carbocycles. The van der Waals surface area contributed by atoms with Crippen LogP contribution < -0.4 is 4.74 Å². The number of hydrogen-bond donors (Lipinski definition) is 1. The zero-order valence-electron chi connectivity index (χ0n) is 11.2. The number of nitrogens with one attached hydrogen (secondary N) is 1. The van der Waals surface area contributed by atoms with Crippen molar-refractivity contribution in [1.82, 2.24) is 4.98 Å². The number of aldehydes is 1. The summed E-state index contributed by atoms with van der Waals surface area (Å²) in [6.45, 7) is 2.52. The molecular weight excluding hydrogens is 250 g/mol. The van der Waals surface area contributed by atoms with Crippen LogP contribution in [0.1, 0.15) is 21.5 Å². The first-order chi connectivity index (χ1) is 9.78. The van der Waals surface area contributed by atoms with E-state index in [0.717, 1.165) is 34.1 Å². The lowest BCUT2D eigenvalue weighted by Gasteiger charge is -2.09. The lowest BCUT2D eigenvalue weighted by atomic mass is 10.1. The van der Waals surface area contributed by atoms with Crippen LogP contribution in [0.15, 0.2) is 48.7 Å². The summed E-state index contributed by atoms with van der Waals surface area (Å²) in [5.74, 6) is 0.834. The Labute approximate surface area is 117 Å². The Hall–Kier alpha value is -2.55. The van der Waals surface area contributed by atoms with E-state index in [1.165, 1.54) is 0 Å². The number of benzene rings is 2. The van der Waals surface area contributed by atoms with E-state index >= 15 is 0 Å². The van der Waals surface area contributed by atoms with E-state index in [2.05, 4.69) is 4.98 Å². The average Bonchev–Trinajstić information content (AvgIpc) is 2.87. The second-order valence-electron chi connectivity index (χ2n) is 4.80. The third-order valence-corrected chi connectivity index (χ3v) is 3.37. The molecule has 100 valence electrons. The first-order valence-corrected chi connectivity index (χ1v) is 6.51. The number of H-pyrrole nitrogens is 1. The fourth-order valence-corrected chi connectivity index (χ4v) is 2.27. The highest BCUT2D eigenvalue weighted by atomic mass is 16.5. The van der Waals surface area contributed by atoms with Crippen LogP contribution in [0, 0.1) is 6.92 Å². The van der Waals surface area contributed by atoms with Crippen molar-refractivity contribution in [2.24, 2.45) is 0 Å². The number of fused-ring (bicyclic) bond motifs is 1. The summed E-state index contributed by atoms with van der Waals surface area (Å²) in [6.07, 6.45) is 2.58. The second kappa shape index (κ2) is 5.21. The van der Waals surface area contributed by atoms with E-state index in [0.29, 0.717) is 12.2 Å². The van der Waals surface area contributed by atoms with E-state index in [1.54, 1.807) is 6.20 Å². The molecule has 0 saturated heterocycles. The summed E-state index contributed by atoms with van der Waals surface area (Å²) in [4.78, 5) is 14.0. The van der Waals surface area contributed by atoms with Gasteiger partial charge >= 0.3 is 0 Å². The highest BCUT2D eigenvalue weighted by molar-refractivity contribution is 5.98. The van der Waals surface area contributed by atoms with Crippen LogP contribution in [0.3, 0.4) is 0 Å². The van der Waals surface area contributed by atoms with Gasteiger partial charge in [0.05, 0.1) is 0 Å². The maximum Gasteiger partial charge on any atom is 0.152 e. The standard InChI is InChI=1S/C17H15NO2/c1-12-7-15-14(10-19)9-18-16(15)8-17(12)20-11-13-5-3-2-4-6-13/h2-10,18H,11H2,1H3. The van der Waals surface area contributed by atoms with E-state index in [4.69, 9.17) is 4.74 Å². The van der Waals surface area contributed by atoms with Gasteiger partial charge in [-0.15, -0.1) is 0 Å². The molecule has 1 heterocycles. The van der Waals surface area contributed by atoms with Crippen molar-refractivity contribution < 1.29 is 9.53 Å². The van der Waals surface area contributed by atoms with Crippen molar-refractivity contribution in [3.05, 3.63) is 65.4 Å². The Morgan fingerprint density at radius 3 is 2.75 bits per heavy atom. The molecule has 0 bridgehead atoms. The molecule has 0 radical (unpaired) electrons. The number of aryl methyl sites for hydroxylation is 1. The zero-order valence-corrected chi connectivity index (χ0v) is 11.2. The molecule has 0 saturated carbocycles. The first-order valence-electron chi connectivity index (χ1n) is 6.51. The van der Waals surface area contributed by atoms with E-state index < -0.39 is 0 Å². The zero-order chi connectivity index (χ0) is 13.9. The molecule has 3 aromatic rings. The molecule has 1 aromatic heterocycles. The lowest BCUT2D eigenvalue weighted by molar-refractivity contribution is 0.112. The van der Waals surface area contributed by atoms with Crippen LogP contribution in [0.4, 0.5) is 0 Å². The van der Waals surface area contributed by atoms with Gasteiger partial charge in [-0.05, 0) is 24.1 Å². The Kier molecular flexibility index (Phi) is 3.25. The first kappa shape index (κ1) is 12.5. The molecule has 2 aromatic carbocycles. The van der Waals surface area contributed by atoms with Crippen molar-refractivity contribution in [1.29, 1.82) is 0 Å². The van der Waals surface area contributed by atoms with Crippen molar-refractivity contribution in [3.8, 4) is 5.75 Å². The summed E-state index contributed by atoms with van der Waals surface area (Å²) in [7, 11) is 0. The third-order valence-electron chi connectivity index (χ3n) is 3.37. The fraction of sp³-hybridized carbons (Fsp3) is 0.118. The van der Waals surface area contributed by atoms with Gasteiger partial charge in [0.25, 0.3) is 0 Å². The summed E-state index contributed by atoms with van der Waals surface area (Å²) in [5, 5.41) is 0.935. The Morgan fingerprint density at radius 1 is 1.20 bits per heavy atom. The minimum atomic E-state index is 0.536. The molecule has 0 fully saturated rings. The molecule has 0 spiro atoms. The molecule has 0 atom stereocenters. The molecule has 3 nitrogen and oxygen atoms in total. The summed E-state index contributed by atoms with van der Waals surface area (Å²) < 4.78 is 5.87. The number of aromatic amines is 1. The van der Waals surface area contributed by atoms with Gasteiger partial charge < -0.3 is 9.72 Å². The summed E-state index contributed by atoms with van der Waals surface area (Å²) >= 11 is 0. The SMILES string of the molecule is Cc1cc2c(C=O)c[nH]c2cc1OCc1ccccc1. The van der Waals surface area contributed by atoms with Gasteiger partial charge in [-0.25, -0.2) is 0 Å². The largest absolute Gasteiger partial charge is 0.489 e. The van der Waals surface area contributed by atoms with Crippen molar-refractivity contribution >= 4 is 17.2 Å². The average molecular weight is 265 g/mol.